The lowest BCUT2D eigenvalue weighted by molar-refractivity contribution is -0.00433. The van der Waals surface area contributed by atoms with Gasteiger partial charge >= 0.3 is 0 Å². The first-order chi connectivity index (χ1) is 12.8. The maximum Gasteiger partial charge on any atom is 0.254 e. The largest absolute Gasteiger partial charge is 0.377 e. The summed E-state index contributed by atoms with van der Waals surface area (Å²) in [6.07, 6.45) is 7.44. The Labute approximate surface area is 152 Å². The van der Waals surface area contributed by atoms with Gasteiger partial charge in [0.2, 0.25) is 0 Å². The van der Waals surface area contributed by atoms with E-state index >= 15 is 0 Å². The third-order valence-corrected chi connectivity index (χ3v) is 4.83. The Kier molecular flexibility index (Phi) is 4.67. The van der Waals surface area contributed by atoms with E-state index in [0.29, 0.717) is 25.3 Å². The number of fused-ring (bicyclic) bond motifs is 1. The molecule has 0 unspecified atom stereocenters. The zero-order valence-electron chi connectivity index (χ0n) is 14.8. The number of benzene rings is 1. The van der Waals surface area contributed by atoms with Crippen LogP contribution in [0.2, 0.25) is 0 Å². The van der Waals surface area contributed by atoms with Crippen LogP contribution in [0.4, 0.5) is 0 Å². The fourth-order valence-electron chi connectivity index (χ4n) is 3.48. The number of morpholine rings is 1. The minimum Gasteiger partial charge on any atom is -0.377 e. The number of hydrogen-bond acceptors (Lipinski definition) is 4. The van der Waals surface area contributed by atoms with E-state index in [2.05, 4.69) is 17.0 Å². The van der Waals surface area contributed by atoms with Crippen molar-refractivity contribution in [3.8, 4) is 11.1 Å². The Balaban J connectivity index is 1.58. The summed E-state index contributed by atoms with van der Waals surface area (Å²) in [6.45, 7) is 4.03. The van der Waals surface area contributed by atoms with Crippen LogP contribution in [0.3, 0.4) is 0 Å². The molecule has 6 heteroatoms. The molecule has 0 radical (unpaired) electrons. The second kappa shape index (κ2) is 7.25. The van der Waals surface area contributed by atoms with E-state index in [1.54, 1.807) is 16.9 Å². The average Bonchev–Trinajstić information content (AvgIpc) is 3.12. The van der Waals surface area contributed by atoms with Crippen LogP contribution in [0.15, 0.2) is 48.9 Å². The third kappa shape index (κ3) is 3.08. The molecular formula is C20H22N4O2. The number of aromatic nitrogens is 3. The minimum atomic E-state index is 0.0799. The Morgan fingerprint density at radius 2 is 2.15 bits per heavy atom. The average molecular weight is 350 g/mol. The van der Waals surface area contributed by atoms with Gasteiger partial charge in [-0.3, -0.25) is 4.79 Å². The summed E-state index contributed by atoms with van der Waals surface area (Å²) in [4.78, 5) is 19.3. The monoisotopic (exact) mass is 350 g/mol. The molecular weight excluding hydrogens is 328 g/mol. The van der Waals surface area contributed by atoms with Crippen LogP contribution in [0.25, 0.3) is 16.8 Å². The first kappa shape index (κ1) is 16.7. The van der Waals surface area contributed by atoms with Crippen molar-refractivity contribution in [3.63, 3.8) is 0 Å². The highest BCUT2D eigenvalue weighted by Gasteiger charge is 2.27. The molecule has 1 fully saturated rings. The van der Waals surface area contributed by atoms with Gasteiger partial charge in [0.1, 0.15) is 0 Å². The molecule has 134 valence electrons. The van der Waals surface area contributed by atoms with Gasteiger partial charge in [0.25, 0.3) is 5.91 Å². The second-order valence-corrected chi connectivity index (χ2v) is 6.54. The van der Waals surface area contributed by atoms with Gasteiger partial charge in [-0.25, -0.2) is 9.50 Å². The summed E-state index contributed by atoms with van der Waals surface area (Å²) >= 11 is 0. The Bertz CT molecular complexity index is 902. The molecule has 2 aromatic heterocycles. The van der Waals surface area contributed by atoms with E-state index in [9.17, 15) is 4.79 Å². The quantitative estimate of drug-likeness (QED) is 0.726. The van der Waals surface area contributed by atoms with Gasteiger partial charge in [0, 0.05) is 30.1 Å². The van der Waals surface area contributed by atoms with Gasteiger partial charge in [-0.15, -0.1) is 0 Å². The smallest absolute Gasteiger partial charge is 0.254 e. The van der Waals surface area contributed by atoms with Gasteiger partial charge in [-0.1, -0.05) is 25.5 Å². The van der Waals surface area contributed by atoms with Crippen LogP contribution < -0.4 is 0 Å². The molecule has 6 nitrogen and oxygen atoms in total. The van der Waals surface area contributed by atoms with Crippen LogP contribution >= 0.6 is 0 Å². The predicted molar refractivity (Wildman–Crippen MR) is 99.0 cm³/mol. The lowest BCUT2D eigenvalue weighted by atomic mass is 10.0. The summed E-state index contributed by atoms with van der Waals surface area (Å²) in [5.41, 5.74) is 3.48. The molecule has 1 saturated heterocycles. The highest BCUT2D eigenvalue weighted by atomic mass is 16.5. The zero-order chi connectivity index (χ0) is 17.9. The van der Waals surface area contributed by atoms with E-state index < -0.39 is 0 Å². The highest BCUT2D eigenvalue weighted by Crippen LogP contribution is 2.24. The third-order valence-electron chi connectivity index (χ3n) is 4.83. The minimum absolute atomic E-state index is 0.0799. The van der Waals surface area contributed by atoms with Gasteiger partial charge in [-0.05, 0) is 30.2 Å². The summed E-state index contributed by atoms with van der Waals surface area (Å²) < 4.78 is 7.30. The van der Waals surface area contributed by atoms with E-state index in [1.807, 2.05) is 41.4 Å². The number of carbonyl (C=O) groups is 1. The first-order valence-corrected chi connectivity index (χ1v) is 9.05. The topological polar surface area (TPSA) is 59.7 Å². The molecule has 1 atom stereocenters. The van der Waals surface area contributed by atoms with E-state index in [4.69, 9.17) is 4.74 Å². The Morgan fingerprint density at radius 1 is 1.31 bits per heavy atom. The lowest BCUT2D eigenvalue weighted by Gasteiger charge is -2.35. The molecule has 0 bridgehead atoms. The van der Waals surface area contributed by atoms with E-state index in [1.165, 1.54) is 0 Å². The van der Waals surface area contributed by atoms with Crippen molar-refractivity contribution in [2.24, 2.45) is 0 Å². The lowest BCUT2D eigenvalue weighted by Crippen LogP contribution is -2.48. The summed E-state index contributed by atoms with van der Waals surface area (Å²) in [7, 11) is 0. The maximum atomic E-state index is 12.9. The molecule has 26 heavy (non-hydrogen) atoms. The van der Waals surface area contributed by atoms with Crippen LogP contribution in [0.1, 0.15) is 30.1 Å². The Hall–Kier alpha value is -2.73. The van der Waals surface area contributed by atoms with Crippen molar-refractivity contribution in [2.75, 3.05) is 19.8 Å². The van der Waals surface area contributed by atoms with Gasteiger partial charge in [0.15, 0.2) is 5.65 Å². The van der Waals surface area contributed by atoms with Crippen molar-refractivity contribution in [1.82, 2.24) is 19.5 Å². The maximum absolute atomic E-state index is 12.9. The zero-order valence-corrected chi connectivity index (χ0v) is 14.8. The van der Waals surface area contributed by atoms with Gasteiger partial charge in [-0.2, -0.15) is 5.10 Å². The number of hydrogen-bond donors (Lipinski definition) is 0. The molecule has 3 aromatic rings. The number of amides is 1. The van der Waals surface area contributed by atoms with Crippen molar-refractivity contribution < 1.29 is 9.53 Å². The molecule has 4 rings (SSSR count). The van der Waals surface area contributed by atoms with Crippen LogP contribution in [0, 0.1) is 0 Å². The summed E-state index contributed by atoms with van der Waals surface area (Å²) in [5.74, 6) is 0.0799. The van der Waals surface area contributed by atoms with Crippen molar-refractivity contribution in [3.05, 3.63) is 54.5 Å². The number of nitrogens with zero attached hydrogens (tertiary/aromatic N) is 4. The second-order valence-electron chi connectivity index (χ2n) is 6.54. The molecule has 1 amide bonds. The normalized spacial score (nSPS) is 17.6. The molecule has 1 aromatic carbocycles. The fourth-order valence-corrected chi connectivity index (χ4v) is 3.48. The fraction of sp³-hybridized carbons (Fsp3) is 0.350. The van der Waals surface area contributed by atoms with Crippen molar-refractivity contribution >= 4 is 11.6 Å². The van der Waals surface area contributed by atoms with Crippen LogP contribution in [-0.2, 0) is 4.74 Å². The SMILES string of the molecule is CCC[C@@H]1COCCN1C(=O)c1ccc(-c2cnn3cccnc23)cc1. The molecule has 0 N–H and O–H groups in total. The van der Waals surface area contributed by atoms with E-state index in [-0.39, 0.29) is 11.9 Å². The van der Waals surface area contributed by atoms with Crippen LogP contribution in [-0.4, -0.2) is 51.2 Å². The van der Waals surface area contributed by atoms with Crippen molar-refractivity contribution in [2.45, 2.75) is 25.8 Å². The molecule has 0 aliphatic carbocycles. The Morgan fingerprint density at radius 3 is 2.96 bits per heavy atom. The van der Waals surface area contributed by atoms with E-state index in [0.717, 1.165) is 29.6 Å². The van der Waals surface area contributed by atoms with Crippen LogP contribution in [0.5, 0.6) is 0 Å². The number of ether oxygens (including phenoxy) is 1. The molecule has 1 aliphatic heterocycles. The molecule has 1 aliphatic rings. The number of rotatable bonds is 4. The molecule has 0 saturated carbocycles. The predicted octanol–water partition coefficient (Wildman–Crippen LogP) is 3.04. The summed E-state index contributed by atoms with van der Waals surface area (Å²) in [5, 5.41) is 4.32. The first-order valence-electron chi connectivity index (χ1n) is 9.05. The molecule has 3 heterocycles. The standard InChI is InChI=1S/C20H22N4O2/c1-2-4-17-14-26-12-11-23(17)20(25)16-7-5-15(6-8-16)18-13-22-24-10-3-9-21-19(18)24/h3,5-10,13,17H,2,4,11-12,14H2,1H3/t17-/m1/s1. The summed E-state index contributed by atoms with van der Waals surface area (Å²) in [6, 6.07) is 9.73. The molecule has 0 spiro atoms. The highest BCUT2D eigenvalue weighted by molar-refractivity contribution is 5.95. The van der Waals surface area contributed by atoms with Gasteiger partial charge in [0.05, 0.1) is 25.5 Å². The number of carbonyl (C=O) groups excluding carboxylic acids is 1. The van der Waals surface area contributed by atoms with Crippen molar-refractivity contribution in [1.29, 1.82) is 0 Å². The van der Waals surface area contributed by atoms with Gasteiger partial charge < -0.3 is 9.64 Å².